The number of rotatable bonds is 5. The fraction of sp³-hybridized carbons (Fsp3) is 0.375. The minimum Gasteiger partial charge on any atom is -0.493 e. The third-order valence-corrected chi connectivity index (χ3v) is 3.52. The molecule has 0 saturated carbocycles. The number of aromatic nitrogens is 2. The van der Waals surface area contributed by atoms with Gasteiger partial charge in [-0.2, -0.15) is 4.98 Å². The van der Waals surface area contributed by atoms with Crippen LogP contribution in [-0.4, -0.2) is 29.7 Å². The molecule has 0 unspecified atom stereocenters. The molecule has 110 valence electrons. The quantitative estimate of drug-likeness (QED) is 0.883. The topological polar surface area (TPSA) is 59.1 Å². The molecule has 5 nitrogen and oxygen atoms in total. The van der Waals surface area contributed by atoms with Crippen molar-refractivity contribution in [2.75, 3.05) is 30.3 Å². The molecule has 1 aromatic heterocycles. The number of nitrogens with zero attached hydrogens (tertiary/aromatic N) is 2. The maximum atomic E-state index is 5.79. The van der Waals surface area contributed by atoms with E-state index in [1.807, 2.05) is 25.1 Å². The van der Waals surface area contributed by atoms with Gasteiger partial charge in [0.25, 0.3) is 0 Å². The van der Waals surface area contributed by atoms with Crippen LogP contribution >= 0.6 is 0 Å². The smallest absolute Gasteiger partial charge is 0.224 e. The first-order valence-corrected chi connectivity index (χ1v) is 7.36. The Bertz CT molecular complexity index is 602. The van der Waals surface area contributed by atoms with Crippen molar-refractivity contribution >= 4 is 11.8 Å². The summed E-state index contributed by atoms with van der Waals surface area (Å²) in [6, 6.07) is 10.1. The minimum absolute atomic E-state index is 0.436. The van der Waals surface area contributed by atoms with Crippen LogP contribution in [0, 0.1) is 5.92 Å². The van der Waals surface area contributed by atoms with Crippen LogP contribution < -0.4 is 15.4 Å². The largest absolute Gasteiger partial charge is 0.493 e. The van der Waals surface area contributed by atoms with Crippen LogP contribution in [-0.2, 0) is 6.42 Å². The van der Waals surface area contributed by atoms with Crippen LogP contribution in [0.15, 0.2) is 36.5 Å². The van der Waals surface area contributed by atoms with Gasteiger partial charge in [0.2, 0.25) is 5.95 Å². The Morgan fingerprint density at radius 3 is 3.05 bits per heavy atom. The second-order valence-corrected chi connectivity index (χ2v) is 5.17. The van der Waals surface area contributed by atoms with E-state index < -0.39 is 0 Å². The van der Waals surface area contributed by atoms with Gasteiger partial charge in [-0.15, -0.1) is 0 Å². The number of ether oxygens (including phenoxy) is 1. The molecule has 21 heavy (non-hydrogen) atoms. The second-order valence-electron chi connectivity index (χ2n) is 5.17. The Balaban J connectivity index is 1.58. The van der Waals surface area contributed by atoms with Gasteiger partial charge in [-0.05, 0) is 31.0 Å². The fourth-order valence-corrected chi connectivity index (χ4v) is 2.48. The molecular formula is C16H20N4O. The fourth-order valence-electron chi connectivity index (χ4n) is 2.48. The first-order chi connectivity index (χ1) is 10.3. The molecule has 1 atom stereocenters. The number of fused-ring (bicyclic) bond motifs is 1. The van der Waals surface area contributed by atoms with Crippen molar-refractivity contribution in [1.29, 1.82) is 0 Å². The molecule has 0 radical (unpaired) electrons. The van der Waals surface area contributed by atoms with Crippen molar-refractivity contribution in [3.05, 3.63) is 42.1 Å². The van der Waals surface area contributed by atoms with Gasteiger partial charge in [-0.3, -0.25) is 0 Å². The van der Waals surface area contributed by atoms with E-state index in [4.69, 9.17) is 4.74 Å². The van der Waals surface area contributed by atoms with E-state index in [-0.39, 0.29) is 0 Å². The second kappa shape index (κ2) is 6.43. The van der Waals surface area contributed by atoms with E-state index in [0.29, 0.717) is 11.9 Å². The molecule has 0 bridgehead atoms. The summed E-state index contributed by atoms with van der Waals surface area (Å²) in [5.74, 6) is 2.96. The molecule has 1 aliphatic rings. The average Bonchev–Trinajstić information content (AvgIpc) is 2.53. The maximum absolute atomic E-state index is 5.79. The summed E-state index contributed by atoms with van der Waals surface area (Å²) in [5, 5.41) is 6.48. The van der Waals surface area contributed by atoms with Gasteiger partial charge in [0.05, 0.1) is 6.61 Å². The molecular weight excluding hydrogens is 264 g/mol. The lowest BCUT2D eigenvalue weighted by atomic mass is 9.97. The molecule has 0 spiro atoms. The molecule has 0 fully saturated rings. The van der Waals surface area contributed by atoms with E-state index in [0.717, 1.165) is 37.7 Å². The highest BCUT2D eigenvalue weighted by Crippen LogP contribution is 2.26. The molecule has 0 amide bonds. The molecule has 2 aromatic rings. The first-order valence-electron chi connectivity index (χ1n) is 7.36. The monoisotopic (exact) mass is 284 g/mol. The van der Waals surface area contributed by atoms with E-state index in [1.165, 1.54) is 5.56 Å². The third kappa shape index (κ3) is 3.42. The zero-order valence-electron chi connectivity index (χ0n) is 12.2. The number of hydrogen-bond donors (Lipinski definition) is 2. The third-order valence-electron chi connectivity index (χ3n) is 3.52. The maximum Gasteiger partial charge on any atom is 0.224 e. The average molecular weight is 284 g/mol. The van der Waals surface area contributed by atoms with Crippen LogP contribution in [0.3, 0.4) is 0 Å². The number of para-hydroxylation sites is 1. The molecule has 5 heteroatoms. The highest BCUT2D eigenvalue weighted by molar-refractivity contribution is 5.40. The predicted molar refractivity (Wildman–Crippen MR) is 83.8 cm³/mol. The van der Waals surface area contributed by atoms with Crippen molar-refractivity contribution in [3.8, 4) is 5.75 Å². The van der Waals surface area contributed by atoms with Crippen molar-refractivity contribution in [1.82, 2.24) is 9.97 Å². The van der Waals surface area contributed by atoms with Gasteiger partial charge < -0.3 is 15.4 Å². The zero-order valence-corrected chi connectivity index (χ0v) is 12.2. The summed E-state index contributed by atoms with van der Waals surface area (Å²) >= 11 is 0. The summed E-state index contributed by atoms with van der Waals surface area (Å²) in [5.41, 5.74) is 1.28. The van der Waals surface area contributed by atoms with Gasteiger partial charge >= 0.3 is 0 Å². The number of benzene rings is 1. The van der Waals surface area contributed by atoms with Crippen molar-refractivity contribution in [2.24, 2.45) is 5.92 Å². The van der Waals surface area contributed by atoms with E-state index in [1.54, 1.807) is 6.20 Å². The summed E-state index contributed by atoms with van der Waals surface area (Å²) in [6.45, 7) is 4.44. The van der Waals surface area contributed by atoms with Crippen molar-refractivity contribution < 1.29 is 4.74 Å². The van der Waals surface area contributed by atoms with Crippen LogP contribution in [0.1, 0.15) is 12.5 Å². The molecule has 3 rings (SSSR count). The minimum atomic E-state index is 0.436. The van der Waals surface area contributed by atoms with Gasteiger partial charge in [-0.25, -0.2) is 4.98 Å². The Hall–Kier alpha value is -2.30. The standard InChI is InChI=1S/C16H20N4O/c1-2-17-15-7-8-18-16(20-15)19-10-12-9-13-5-3-4-6-14(13)21-11-12/h3-8,12H,2,9-11H2,1H3,(H2,17,18,19,20)/t12-/m1/s1. The van der Waals surface area contributed by atoms with Gasteiger partial charge in [0.15, 0.2) is 0 Å². The van der Waals surface area contributed by atoms with Gasteiger partial charge in [0, 0.05) is 25.2 Å². The summed E-state index contributed by atoms with van der Waals surface area (Å²) in [4.78, 5) is 8.66. The Kier molecular flexibility index (Phi) is 4.19. The molecule has 0 saturated heterocycles. The van der Waals surface area contributed by atoms with Crippen LogP contribution in [0.25, 0.3) is 0 Å². The number of anilines is 2. The number of nitrogens with one attached hydrogen (secondary N) is 2. The summed E-state index contributed by atoms with van der Waals surface area (Å²) < 4.78 is 5.79. The first kappa shape index (κ1) is 13.7. The lowest BCUT2D eigenvalue weighted by Crippen LogP contribution is -2.27. The molecule has 2 N–H and O–H groups in total. The Morgan fingerprint density at radius 1 is 1.24 bits per heavy atom. The SMILES string of the molecule is CCNc1ccnc(NC[C@@H]2COc3ccccc3C2)n1. The van der Waals surface area contributed by atoms with E-state index >= 15 is 0 Å². The van der Waals surface area contributed by atoms with E-state index in [2.05, 4.69) is 32.7 Å². The predicted octanol–water partition coefficient (Wildman–Crippen LogP) is 2.57. The van der Waals surface area contributed by atoms with Gasteiger partial charge in [-0.1, -0.05) is 18.2 Å². The molecule has 1 aromatic carbocycles. The number of hydrogen-bond acceptors (Lipinski definition) is 5. The highest BCUT2D eigenvalue weighted by Gasteiger charge is 2.19. The van der Waals surface area contributed by atoms with Crippen LogP contribution in [0.4, 0.5) is 11.8 Å². The van der Waals surface area contributed by atoms with Gasteiger partial charge in [0.1, 0.15) is 11.6 Å². The van der Waals surface area contributed by atoms with Crippen molar-refractivity contribution in [2.45, 2.75) is 13.3 Å². The zero-order chi connectivity index (χ0) is 14.5. The van der Waals surface area contributed by atoms with Crippen molar-refractivity contribution in [3.63, 3.8) is 0 Å². The lowest BCUT2D eigenvalue weighted by molar-refractivity contribution is 0.229. The van der Waals surface area contributed by atoms with Crippen LogP contribution in [0.5, 0.6) is 5.75 Å². The molecule has 2 heterocycles. The summed E-state index contributed by atoms with van der Waals surface area (Å²) in [6.07, 6.45) is 2.79. The van der Waals surface area contributed by atoms with Crippen LogP contribution in [0.2, 0.25) is 0 Å². The highest BCUT2D eigenvalue weighted by atomic mass is 16.5. The molecule has 1 aliphatic heterocycles. The summed E-state index contributed by atoms with van der Waals surface area (Å²) in [7, 11) is 0. The Morgan fingerprint density at radius 2 is 2.14 bits per heavy atom. The normalized spacial score (nSPS) is 16.7. The Labute approximate surface area is 124 Å². The van der Waals surface area contributed by atoms with E-state index in [9.17, 15) is 0 Å². The molecule has 0 aliphatic carbocycles. The lowest BCUT2D eigenvalue weighted by Gasteiger charge is -2.25.